The molecule has 0 atom stereocenters. The van der Waals surface area contributed by atoms with Crippen LogP contribution in [0.15, 0.2) is 30.6 Å². The van der Waals surface area contributed by atoms with E-state index in [0.29, 0.717) is 6.04 Å². The maximum atomic E-state index is 5.91. The molecule has 1 aliphatic rings. The molecule has 6 nitrogen and oxygen atoms in total. The Bertz CT molecular complexity index is 484. The van der Waals surface area contributed by atoms with E-state index in [0.717, 1.165) is 31.6 Å². The number of piperidine rings is 1. The van der Waals surface area contributed by atoms with Crippen molar-refractivity contribution in [3.8, 4) is 5.69 Å². The normalized spacial score (nSPS) is 17.1. The molecule has 1 saturated heterocycles. The molecule has 1 fully saturated rings. The molecular formula is C12H16N6. The van der Waals surface area contributed by atoms with Crippen LogP contribution in [0.1, 0.15) is 12.8 Å². The first-order valence-electron chi connectivity index (χ1n) is 6.17. The van der Waals surface area contributed by atoms with Gasteiger partial charge in [0.15, 0.2) is 0 Å². The lowest BCUT2D eigenvalue weighted by Crippen LogP contribution is -2.39. The third kappa shape index (κ3) is 2.19. The number of nitrogens with zero attached hydrogens (tertiary/aromatic N) is 5. The first-order chi connectivity index (χ1) is 8.83. The van der Waals surface area contributed by atoms with E-state index in [-0.39, 0.29) is 0 Å². The first-order valence-corrected chi connectivity index (χ1v) is 6.17. The molecule has 0 radical (unpaired) electrons. The summed E-state index contributed by atoms with van der Waals surface area (Å²) in [6.07, 6.45) is 3.72. The highest BCUT2D eigenvalue weighted by atomic mass is 15.5. The standard InChI is InChI=1S/C12H16N6/c13-10-5-7-17(8-6-10)11-1-3-12(4-2-11)18-9-14-15-16-18/h1-4,9-10H,5-8,13H2. The van der Waals surface area contributed by atoms with Crippen LogP contribution in [0.3, 0.4) is 0 Å². The molecule has 6 heteroatoms. The molecule has 0 saturated carbocycles. The van der Waals surface area contributed by atoms with Crippen LogP contribution in [0, 0.1) is 0 Å². The molecule has 1 aromatic carbocycles. The van der Waals surface area contributed by atoms with Gasteiger partial charge in [0.1, 0.15) is 6.33 Å². The lowest BCUT2D eigenvalue weighted by atomic mass is 10.1. The number of benzene rings is 1. The second-order valence-corrected chi connectivity index (χ2v) is 4.60. The third-order valence-corrected chi connectivity index (χ3v) is 3.37. The Kier molecular flexibility index (Phi) is 2.93. The Hall–Kier alpha value is -1.95. The first kappa shape index (κ1) is 11.2. The van der Waals surface area contributed by atoms with Crippen molar-refractivity contribution in [2.45, 2.75) is 18.9 Å². The van der Waals surface area contributed by atoms with E-state index in [1.54, 1.807) is 11.0 Å². The van der Waals surface area contributed by atoms with Crippen LogP contribution >= 0.6 is 0 Å². The van der Waals surface area contributed by atoms with Gasteiger partial charge in [-0.3, -0.25) is 0 Å². The minimum atomic E-state index is 0.363. The summed E-state index contributed by atoms with van der Waals surface area (Å²) in [6.45, 7) is 2.07. The molecular weight excluding hydrogens is 228 g/mol. The van der Waals surface area contributed by atoms with E-state index >= 15 is 0 Å². The largest absolute Gasteiger partial charge is 0.371 e. The molecule has 0 bridgehead atoms. The van der Waals surface area contributed by atoms with Crippen LogP contribution in [0.25, 0.3) is 5.69 Å². The molecule has 2 N–H and O–H groups in total. The summed E-state index contributed by atoms with van der Waals surface area (Å²) in [5, 5.41) is 11.1. The van der Waals surface area contributed by atoms with E-state index in [1.165, 1.54) is 5.69 Å². The molecule has 0 amide bonds. The van der Waals surface area contributed by atoms with E-state index in [4.69, 9.17) is 5.73 Å². The number of anilines is 1. The van der Waals surface area contributed by atoms with Gasteiger partial charge in [0.05, 0.1) is 5.69 Å². The van der Waals surface area contributed by atoms with Gasteiger partial charge in [0.25, 0.3) is 0 Å². The average Bonchev–Trinajstić information content (AvgIpc) is 2.94. The molecule has 1 aliphatic heterocycles. The molecule has 18 heavy (non-hydrogen) atoms. The van der Waals surface area contributed by atoms with Gasteiger partial charge in [-0.25, -0.2) is 4.68 Å². The zero-order valence-electron chi connectivity index (χ0n) is 10.1. The van der Waals surface area contributed by atoms with E-state index in [2.05, 4.69) is 32.6 Å². The van der Waals surface area contributed by atoms with Gasteiger partial charge >= 0.3 is 0 Å². The summed E-state index contributed by atoms with van der Waals surface area (Å²) in [4.78, 5) is 2.37. The maximum absolute atomic E-state index is 5.91. The van der Waals surface area contributed by atoms with Crippen molar-refractivity contribution in [1.29, 1.82) is 0 Å². The smallest absolute Gasteiger partial charge is 0.143 e. The van der Waals surface area contributed by atoms with Gasteiger partial charge in [-0.1, -0.05) is 0 Å². The summed E-state index contributed by atoms with van der Waals surface area (Å²) < 4.78 is 1.65. The highest BCUT2D eigenvalue weighted by Gasteiger charge is 2.16. The monoisotopic (exact) mass is 244 g/mol. The number of hydrogen-bond acceptors (Lipinski definition) is 5. The van der Waals surface area contributed by atoms with E-state index in [1.807, 2.05) is 12.1 Å². The molecule has 3 rings (SSSR count). The summed E-state index contributed by atoms with van der Waals surface area (Å²) in [7, 11) is 0. The molecule has 0 aliphatic carbocycles. The number of hydrogen-bond donors (Lipinski definition) is 1. The molecule has 0 spiro atoms. The predicted molar refractivity (Wildman–Crippen MR) is 68.6 cm³/mol. The van der Waals surface area contributed by atoms with Crippen LogP contribution in [0.2, 0.25) is 0 Å². The molecule has 1 aromatic heterocycles. The Morgan fingerprint density at radius 2 is 1.72 bits per heavy atom. The fourth-order valence-electron chi connectivity index (χ4n) is 2.25. The summed E-state index contributed by atoms with van der Waals surface area (Å²) >= 11 is 0. The lowest BCUT2D eigenvalue weighted by molar-refractivity contribution is 0.501. The van der Waals surface area contributed by atoms with Gasteiger partial charge in [0.2, 0.25) is 0 Å². The molecule has 2 heterocycles. The van der Waals surface area contributed by atoms with Crippen LogP contribution in [-0.2, 0) is 0 Å². The topological polar surface area (TPSA) is 72.9 Å². The van der Waals surface area contributed by atoms with Gasteiger partial charge in [-0.15, -0.1) is 5.10 Å². The second kappa shape index (κ2) is 4.73. The van der Waals surface area contributed by atoms with Crippen molar-refractivity contribution in [3.63, 3.8) is 0 Å². The Labute approximate surface area is 105 Å². The summed E-state index contributed by atoms with van der Waals surface area (Å²) in [6, 6.07) is 8.63. The zero-order valence-corrected chi connectivity index (χ0v) is 10.1. The van der Waals surface area contributed by atoms with Crippen molar-refractivity contribution < 1.29 is 0 Å². The van der Waals surface area contributed by atoms with Gasteiger partial charge < -0.3 is 10.6 Å². The van der Waals surface area contributed by atoms with Crippen LogP contribution in [0.5, 0.6) is 0 Å². The van der Waals surface area contributed by atoms with Crippen molar-refractivity contribution in [2.24, 2.45) is 5.73 Å². The molecule has 2 aromatic rings. The predicted octanol–water partition coefficient (Wildman–Crippen LogP) is 0.590. The Morgan fingerprint density at radius 1 is 1.06 bits per heavy atom. The minimum Gasteiger partial charge on any atom is -0.371 e. The lowest BCUT2D eigenvalue weighted by Gasteiger charge is -2.32. The Morgan fingerprint density at radius 3 is 2.33 bits per heavy atom. The maximum Gasteiger partial charge on any atom is 0.143 e. The van der Waals surface area contributed by atoms with Gasteiger partial charge in [-0.05, 0) is 47.5 Å². The number of rotatable bonds is 2. The molecule has 0 unspecified atom stereocenters. The van der Waals surface area contributed by atoms with Crippen molar-refractivity contribution in [1.82, 2.24) is 20.2 Å². The Balaban J connectivity index is 1.75. The summed E-state index contributed by atoms with van der Waals surface area (Å²) in [5.41, 5.74) is 8.12. The number of nitrogens with two attached hydrogens (primary N) is 1. The zero-order chi connectivity index (χ0) is 12.4. The van der Waals surface area contributed by atoms with Crippen molar-refractivity contribution >= 4 is 5.69 Å². The third-order valence-electron chi connectivity index (χ3n) is 3.37. The average molecular weight is 244 g/mol. The fraction of sp³-hybridized carbons (Fsp3) is 0.417. The highest BCUT2D eigenvalue weighted by Crippen LogP contribution is 2.20. The van der Waals surface area contributed by atoms with E-state index < -0.39 is 0 Å². The number of tetrazole rings is 1. The quantitative estimate of drug-likeness (QED) is 0.837. The van der Waals surface area contributed by atoms with Crippen LogP contribution in [0.4, 0.5) is 5.69 Å². The SMILES string of the molecule is NC1CCN(c2ccc(-n3cnnn3)cc2)CC1. The van der Waals surface area contributed by atoms with Crippen LogP contribution in [-0.4, -0.2) is 39.3 Å². The van der Waals surface area contributed by atoms with Crippen LogP contribution < -0.4 is 10.6 Å². The minimum absolute atomic E-state index is 0.363. The molecule has 94 valence electrons. The van der Waals surface area contributed by atoms with Gasteiger partial charge in [-0.2, -0.15) is 0 Å². The highest BCUT2D eigenvalue weighted by molar-refractivity contribution is 5.51. The van der Waals surface area contributed by atoms with Crippen molar-refractivity contribution in [3.05, 3.63) is 30.6 Å². The van der Waals surface area contributed by atoms with E-state index in [9.17, 15) is 0 Å². The second-order valence-electron chi connectivity index (χ2n) is 4.60. The number of aromatic nitrogens is 4. The van der Waals surface area contributed by atoms with Gasteiger partial charge in [0, 0.05) is 24.8 Å². The van der Waals surface area contributed by atoms with Crippen molar-refractivity contribution in [2.75, 3.05) is 18.0 Å². The summed E-state index contributed by atoms with van der Waals surface area (Å²) in [5.74, 6) is 0. The fourth-order valence-corrected chi connectivity index (χ4v) is 2.25.